The summed E-state index contributed by atoms with van der Waals surface area (Å²) in [5.74, 6) is 1.49. The predicted molar refractivity (Wildman–Crippen MR) is 72.1 cm³/mol. The Bertz CT molecular complexity index is 565. The average molecular weight is 351 g/mol. The molecule has 1 aromatic carbocycles. The van der Waals surface area contributed by atoms with Crippen LogP contribution < -0.4 is 11.3 Å². The molecule has 1 aromatic heterocycles. The van der Waals surface area contributed by atoms with E-state index in [1.807, 2.05) is 12.1 Å². The molecule has 1 unspecified atom stereocenters. The molecule has 0 spiro atoms. The highest BCUT2D eigenvalue weighted by molar-refractivity contribution is 9.11. The summed E-state index contributed by atoms with van der Waals surface area (Å²) in [5, 5.41) is 0. The molecule has 0 aliphatic rings. The minimum Gasteiger partial charge on any atom is -0.271 e. The van der Waals surface area contributed by atoms with Crippen LogP contribution in [0.5, 0.6) is 0 Å². The van der Waals surface area contributed by atoms with E-state index >= 15 is 0 Å². The third kappa shape index (κ3) is 3.36. The Balaban J connectivity index is 2.27. The number of hydrazine groups is 1. The van der Waals surface area contributed by atoms with Crippen LogP contribution in [0.2, 0.25) is 0 Å². The van der Waals surface area contributed by atoms with Crippen LogP contribution in [0.25, 0.3) is 0 Å². The lowest BCUT2D eigenvalue weighted by atomic mass is 10.0. The summed E-state index contributed by atoms with van der Waals surface area (Å²) in [6.45, 7) is 0. The van der Waals surface area contributed by atoms with Gasteiger partial charge in [0.05, 0.1) is 9.83 Å². The van der Waals surface area contributed by atoms with Gasteiger partial charge >= 0.3 is 0 Å². The van der Waals surface area contributed by atoms with Crippen molar-refractivity contribution in [1.29, 1.82) is 0 Å². The summed E-state index contributed by atoms with van der Waals surface area (Å²) in [6.07, 6.45) is 0.456. The van der Waals surface area contributed by atoms with E-state index in [9.17, 15) is 13.2 Å². The third-order valence-electron chi connectivity index (χ3n) is 2.64. The van der Waals surface area contributed by atoms with Gasteiger partial charge in [0.1, 0.15) is 0 Å². The Morgan fingerprint density at radius 2 is 1.84 bits per heavy atom. The van der Waals surface area contributed by atoms with Crippen LogP contribution in [0.4, 0.5) is 13.2 Å². The standard InChI is InChI=1S/C12H10BrF3N2S/c13-11-2-1-7(19-11)5-10(18-17)6-3-8(14)12(16)9(15)4-6/h1-4,10,18H,5,17H2. The number of hydrogen-bond donors (Lipinski definition) is 2. The molecule has 2 aromatic rings. The molecule has 19 heavy (non-hydrogen) atoms. The van der Waals surface area contributed by atoms with Crippen LogP contribution >= 0.6 is 27.3 Å². The molecule has 102 valence electrons. The molecule has 0 aliphatic carbocycles. The molecular weight excluding hydrogens is 341 g/mol. The number of rotatable bonds is 4. The number of hydrogen-bond acceptors (Lipinski definition) is 3. The largest absolute Gasteiger partial charge is 0.271 e. The first-order chi connectivity index (χ1) is 9.01. The SMILES string of the molecule is NNC(Cc1ccc(Br)s1)c1cc(F)c(F)c(F)c1. The van der Waals surface area contributed by atoms with Gasteiger partial charge in [-0.3, -0.25) is 11.3 Å². The van der Waals surface area contributed by atoms with Gasteiger partial charge in [-0.1, -0.05) is 0 Å². The molecule has 2 nitrogen and oxygen atoms in total. The molecular formula is C12H10BrF3N2S. The second kappa shape index (κ2) is 6.04. The van der Waals surface area contributed by atoms with Crippen LogP contribution in [0.15, 0.2) is 28.1 Å². The van der Waals surface area contributed by atoms with E-state index < -0.39 is 23.5 Å². The van der Waals surface area contributed by atoms with E-state index in [0.717, 1.165) is 20.8 Å². The topological polar surface area (TPSA) is 38.0 Å². The van der Waals surface area contributed by atoms with E-state index in [1.54, 1.807) is 0 Å². The minimum absolute atomic E-state index is 0.267. The number of halogens is 4. The monoisotopic (exact) mass is 350 g/mol. The van der Waals surface area contributed by atoms with Crippen molar-refractivity contribution in [1.82, 2.24) is 5.43 Å². The highest BCUT2D eigenvalue weighted by atomic mass is 79.9. The van der Waals surface area contributed by atoms with Gasteiger partial charge in [-0.05, 0) is 45.8 Å². The fourth-order valence-corrected chi connectivity index (χ4v) is 3.24. The summed E-state index contributed by atoms with van der Waals surface area (Å²) >= 11 is 4.83. The summed E-state index contributed by atoms with van der Waals surface area (Å²) in [5.41, 5.74) is 2.75. The first-order valence-electron chi connectivity index (χ1n) is 5.36. The molecule has 0 aliphatic heterocycles. The van der Waals surface area contributed by atoms with Crippen molar-refractivity contribution in [3.8, 4) is 0 Å². The lowest BCUT2D eigenvalue weighted by Crippen LogP contribution is -2.29. The zero-order chi connectivity index (χ0) is 14.0. The third-order valence-corrected chi connectivity index (χ3v) is 4.29. The zero-order valence-electron chi connectivity index (χ0n) is 9.59. The molecule has 0 radical (unpaired) electrons. The van der Waals surface area contributed by atoms with Gasteiger partial charge in [0.15, 0.2) is 17.5 Å². The Morgan fingerprint density at radius 1 is 1.21 bits per heavy atom. The van der Waals surface area contributed by atoms with Gasteiger partial charge in [0.25, 0.3) is 0 Å². The van der Waals surface area contributed by atoms with Gasteiger partial charge in [-0.15, -0.1) is 11.3 Å². The van der Waals surface area contributed by atoms with Crippen LogP contribution in [0.3, 0.4) is 0 Å². The molecule has 0 saturated carbocycles. The van der Waals surface area contributed by atoms with Crippen molar-refractivity contribution in [2.24, 2.45) is 5.84 Å². The Morgan fingerprint density at radius 3 is 2.32 bits per heavy atom. The molecule has 3 N–H and O–H groups in total. The summed E-state index contributed by atoms with van der Waals surface area (Å²) < 4.78 is 40.2. The maximum atomic E-state index is 13.2. The summed E-state index contributed by atoms with van der Waals surface area (Å²) in [7, 11) is 0. The highest BCUT2D eigenvalue weighted by Crippen LogP contribution is 2.27. The molecule has 0 saturated heterocycles. The van der Waals surface area contributed by atoms with E-state index in [-0.39, 0.29) is 5.56 Å². The predicted octanol–water partition coefficient (Wildman–Crippen LogP) is 3.68. The van der Waals surface area contributed by atoms with Gasteiger partial charge in [-0.25, -0.2) is 13.2 Å². The van der Waals surface area contributed by atoms with Gasteiger partial charge < -0.3 is 0 Å². The lowest BCUT2D eigenvalue weighted by Gasteiger charge is -2.16. The van der Waals surface area contributed by atoms with E-state index in [0.29, 0.717) is 6.42 Å². The van der Waals surface area contributed by atoms with E-state index in [1.165, 1.54) is 11.3 Å². The maximum Gasteiger partial charge on any atom is 0.194 e. The number of benzene rings is 1. The number of thiophene rings is 1. The van der Waals surface area contributed by atoms with Crippen molar-refractivity contribution in [2.75, 3.05) is 0 Å². The maximum absolute atomic E-state index is 13.2. The minimum atomic E-state index is -1.47. The molecule has 7 heteroatoms. The van der Waals surface area contributed by atoms with E-state index in [4.69, 9.17) is 5.84 Å². The Kier molecular flexibility index (Phi) is 4.62. The van der Waals surface area contributed by atoms with Crippen LogP contribution in [0, 0.1) is 17.5 Å². The smallest absolute Gasteiger partial charge is 0.194 e. The van der Waals surface area contributed by atoms with Crippen molar-refractivity contribution in [3.05, 3.63) is 55.9 Å². The fraction of sp³-hybridized carbons (Fsp3) is 0.167. The number of nitrogens with two attached hydrogens (primary N) is 1. The molecule has 1 heterocycles. The van der Waals surface area contributed by atoms with Gasteiger partial charge in [-0.2, -0.15) is 0 Å². The van der Waals surface area contributed by atoms with Crippen molar-refractivity contribution in [3.63, 3.8) is 0 Å². The molecule has 0 amide bonds. The Labute approximate surface area is 120 Å². The molecule has 2 rings (SSSR count). The normalized spacial score (nSPS) is 12.7. The highest BCUT2D eigenvalue weighted by Gasteiger charge is 2.17. The van der Waals surface area contributed by atoms with E-state index in [2.05, 4.69) is 21.4 Å². The van der Waals surface area contributed by atoms with Crippen molar-refractivity contribution >= 4 is 27.3 Å². The zero-order valence-corrected chi connectivity index (χ0v) is 12.0. The van der Waals surface area contributed by atoms with Crippen LogP contribution in [-0.4, -0.2) is 0 Å². The summed E-state index contributed by atoms with van der Waals surface area (Å²) in [6, 6.07) is 5.17. The fourth-order valence-electron chi connectivity index (χ4n) is 1.71. The summed E-state index contributed by atoms with van der Waals surface area (Å²) in [4.78, 5) is 0.986. The molecule has 0 bridgehead atoms. The molecule has 1 atom stereocenters. The second-order valence-electron chi connectivity index (χ2n) is 3.93. The Hall–Kier alpha value is -0.890. The van der Waals surface area contributed by atoms with Crippen LogP contribution in [-0.2, 0) is 6.42 Å². The number of nitrogens with one attached hydrogen (secondary N) is 1. The van der Waals surface area contributed by atoms with Gasteiger partial charge in [0, 0.05) is 11.3 Å². The quantitative estimate of drug-likeness (QED) is 0.501. The average Bonchev–Trinajstić information content (AvgIpc) is 2.78. The lowest BCUT2D eigenvalue weighted by molar-refractivity contribution is 0.439. The van der Waals surface area contributed by atoms with Crippen molar-refractivity contribution < 1.29 is 13.2 Å². The second-order valence-corrected chi connectivity index (χ2v) is 6.48. The molecule has 0 fully saturated rings. The van der Waals surface area contributed by atoms with Crippen LogP contribution in [0.1, 0.15) is 16.5 Å². The first kappa shape index (κ1) is 14.5. The van der Waals surface area contributed by atoms with Crippen molar-refractivity contribution in [2.45, 2.75) is 12.5 Å². The van der Waals surface area contributed by atoms with Gasteiger partial charge in [0.2, 0.25) is 0 Å². The first-order valence-corrected chi connectivity index (χ1v) is 6.97.